The average molecular weight is 265 g/mol. The molecule has 0 aliphatic rings. The molecule has 108 valence electrons. The molecule has 0 saturated carbocycles. The van der Waals surface area contributed by atoms with Gasteiger partial charge < -0.3 is 0 Å². The van der Waals surface area contributed by atoms with Crippen LogP contribution in [0.4, 0.5) is 0 Å². The number of likely N-dealkylation sites (N-methyl/N-ethyl adjacent to an activating group) is 1. The smallest absolute Gasteiger partial charge is 0.157 e. The number of aromatic nitrogens is 2. The van der Waals surface area contributed by atoms with Crippen LogP contribution in [-0.4, -0.2) is 39.1 Å². The maximum absolute atomic E-state index is 12.8. The van der Waals surface area contributed by atoms with Gasteiger partial charge in [-0.15, -0.1) is 0 Å². The lowest BCUT2D eigenvalue weighted by Gasteiger charge is -2.41. The number of hydrogen-bond donors (Lipinski definition) is 0. The highest BCUT2D eigenvalue weighted by Crippen LogP contribution is 2.26. The van der Waals surface area contributed by atoms with E-state index in [2.05, 4.69) is 37.7 Å². The van der Waals surface area contributed by atoms with Gasteiger partial charge in [-0.1, -0.05) is 27.7 Å². The van der Waals surface area contributed by atoms with E-state index in [0.717, 1.165) is 31.5 Å². The first-order valence-electron chi connectivity index (χ1n) is 7.29. The van der Waals surface area contributed by atoms with Crippen LogP contribution in [0.5, 0.6) is 0 Å². The van der Waals surface area contributed by atoms with Crippen LogP contribution < -0.4 is 0 Å². The van der Waals surface area contributed by atoms with Crippen LogP contribution in [0.15, 0.2) is 12.4 Å². The first-order chi connectivity index (χ1) is 9.03. The summed E-state index contributed by atoms with van der Waals surface area (Å²) in [4.78, 5) is 15.1. The fourth-order valence-electron chi connectivity index (χ4n) is 3.01. The van der Waals surface area contributed by atoms with Crippen LogP contribution in [0.1, 0.15) is 46.1 Å². The minimum atomic E-state index is -0.320. The Morgan fingerprint density at radius 1 is 1.26 bits per heavy atom. The Kier molecular flexibility index (Phi) is 5.73. The highest BCUT2D eigenvalue weighted by atomic mass is 16.1. The number of hydrogen-bond acceptors (Lipinski definition) is 3. The monoisotopic (exact) mass is 265 g/mol. The van der Waals surface area contributed by atoms with Gasteiger partial charge in [0, 0.05) is 19.7 Å². The van der Waals surface area contributed by atoms with E-state index in [-0.39, 0.29) is 5.54 Å². The van der Waals surface area contributed by atoms with Crippen LogP contribution >= 0.6 is 0 Å². The van der Waals surface area contributed by atoms with E-state index in [4.69, 9.17) is 0 Å². The maximum atomic E-state index is 12.8. The van der Waals surface area contributed by atoms with Crippen molar-refractivity contribution in [1.29, 1.82) is 0 Å². The third kappa shape index (κ3) is 3.24. The molecule has 0 aromatic carbocycles. The largest absolute Gasteiger partial charge is 0.297 e. The summed E-state index contributed by atoms with van der Waals surface area (Å²) in [6, 6.07) is 0. The van der Waals surface area contributed by atoms with E-state index in [1.54, 1.807) is 10.9 Å². The second-order valence-electron chi connectivity index (χ2n) is 5.03. The number of carbonyl (C=O) groups excluding carboxylic acids is 1. The van der Waals surface area contributed by atoms with Gasteiger partial charge in [0.15, 0.2) is 5.78 Å². The molecule has 1 rings (SSSR count). The van der Waals surface area contributed by atoms with Gasteiger partial charge in [0.05, 0.1) is 11.7 Å². The van der Waals surface area contributed by atoms with Gasteiger partial charge in [0.2, 0.25) is 0 Å². The van der Waals surface area contributed by atoms with E-state index in [1.165, 1.54) is 0 Å². The molecule has 0 N–H and O–H groups in total. The Morgan fingerprint density at radius 2 is 1.84 bits per heavy atom. The van der Waals surface area contributed by atoms with Crippen molar-refractivity contribution in [3.63, 3.8) is 0 Å². The normalized spacial score (nSPS) is 12.1. The summed E-state index contributed by atoms with van der Waals surface area (Å²) in [5.74, 6) is 0.314. The fraction of sp³-hybridized carbons (Fsp3) is 0.733. The van der Waals surface area contributed by atoms with Gasteiger partial charge in [0.25, 0.3) is 0 Å². The van der Waals surface area contributed by atoms with E-state index in [1.807, 2.05) is 13.2 Å². The van der Waals surface area contributed by atoms with Crippen LogP contribution in [0, 0.1) is 0 Å². The molecule has 1 aromatic rings. The van der Waals surface area contributed by atoms with Crippen molar-refractivity contribution in [2.45, 2.75) is 52.5 Å². The van der Waals surface area contributed by atoms with E-state index in [0.29, 0.717) is 12.2 Å². The third-order valence-corrected chi connectivity index (χ3v) is 4.18. The molecule has 4 heteroatoms. The standard InChI is InChI=1S/C15H27N3O/c1-6-15(7-2,18(8-3)9-4)14(19)10-13-11-16-17(5)12-13/h11-12H,6-10H2,1-5H3. The van der Waals surface area contributed by atoms with Crippen molar-refractivity contribution < 1.29 is 4.79 Å². The zero-order valence-electron chi connectivity index (χ0n) is 12.9. The van der Waals surface area contributed by atoms with Crippen molar-refractivity contribution in [3.05, 3.63) is 18.0 Å². The topological polar surface area (TPSA) is 38.1 Å². The fourth-order valence-corrected chi connectivity index (χ4v) is 3.01. The summed E-state index contributed by atoms with van der Waals surface area (Å²) in [7, 11) is 1.88. The first kappa shape index (κ1) is 15.9. The molecular weight excluding hydrogens is 238 g/mol. The number of carbonyl (C=O) groups is 1. The van der Waals surface area contributed by atoms with Crippen molar-refractivity contribution in [1.82, 2.24) is 14.7 Å². The van der Waals surface area contributed by atoms with Crippen molar-refractivity contribution in [2.75, 3.05) is 13.1 Å². The lowest BCUT2D eigenvalue weighted by Crippen LogP contribution is -2.54. The quantitative estimate of drug-likeness (QED) is 0.724. The Morgan fingerprint density at radius 3 is 2.21 bits per heavy atom. The van der Waals surface area contributed by atoms with E-state index < -0.39 is 0 Å². The minimum Gasteiger partial charge on any atom is -0.297 e. The molecule has 0 atom stereocenters. The molecule has 0 unspecified atom stereocenters. The second-order valence-corrected chi connectivity index (χ2v) is 5.03. The van der Waals surface area contributed by atoms with E-state index >= 15 is 0 Å². The molecule has 1 heterocycles. The zero-order chi connectivity index (χ0) is 14.5. The number of ketones is 1. The molecule has 0 spiro atoms. The van der Waals surface area contributed by atoms with Gasteiger partial charge in [-0.2, -0.15) is 5.10 Å². The molecule has 0 fully saturated rings. The minimum absolute atomic E-state index is 0.314. The lowest BCUT2D eigenvalue weighted by molar-refractivity contribution is -0.131. The van der Waals surface area contributed by atoms with E-state index in [9.17, 15) is 4.79 Å². The molecule has 0 radical (unpaired) electrons. The molecule has 1 aromatic heterocycles. The highest BCUT2D eigenvalue weighted by Gasteiger charge is 2.38. The van der Waals surface area contributed by atoms with Gasteiger partial charge in [-0.25, -0.2) is 0 Å². The van der Waals surface area contributed by atoms with Crippen molar-refractivity contribution in [3.8, 4) is 0 Å². The Hall–Kier alpha value is -1.16. The third-order valence-electron chi connectivity index (χ3n) is 4.18. The summed E-state index contributed by atoms with van der Waals surface area (Å²) >= 11 is 0. The summed E-state index contributed by atoms with van der Waals surface area (Å²) in [6.07, 6.45) is 5.92. The number of nitrogens with zero attached hydrogens (tertiary/aromatic N) is 3. The summed E-state index contributed by atoms with van der Waals surface area (Å²) in [6.45, 7) is 10.3. The summed E-state index contributed by atoms with van der Waals surface area (Å²) < 4.78 is 1.75. The Balaban J connectivity index is 2.94. The van der Waals surface area contributed by atoms with Crippen molar-refractivity contribution in [2.24, 2.45) is 7.05 Å². The van der Waals surface area contributed by atoms with Crippen molar-refractivity contribution >= 4 is 5.78 Å². The number of rotatable bonds is 8. The molecule has 0 bridgehead atoms. The van der Waals surface area contributed by atoms with Crippen LogP contribution in [0.3, 0.4) is 0 Å². The molecule has 19 heavy (non-hydrogen) atoms. The van der Waals surface area contributed by atoms with Crippen LogP contribution in [0.25, 0.3) is 0 Å². The molecule has 4 nitrogen and oxygen atoms in total. The van der Waals surface area contributed by atoms with Gasteiger partial charge in [-0.05, 0) is 31.5 Å². The molecule has 0 saturated heterocycles. The maximum Gasteiger partial charge on any atom is 0.157 e. The summed E-state index contributed by atoms with van der Waals surface area (Å²) in [5, 5.41) is 4.14. The first-order valence-corrected chi connectivity index (χ1v) is 7.29. The average Bonchev–Trinajstić information content (AvgIpc) is 2.81. The number of aryl methyl sites for hydroxylation is 1. The second kappa shape index (κ2) is 6.85. The SMILES string of the molecule is CCN(CC)C(CC)(CC)C(=O)Cc1cnn(C)c1. The highest BCUT2D eigenvalue weighted by molar-refractivity contribution is 5.90. The predicted molar refractivity (Wildman–Crippen MR) is 78.2 cm³/mol. The molecule has 0 aliphatic carbocycles. The van der Waals surface area contributed by atoms with Crippen LogP contribution in [-0.2, 0) is 18.3 Å². The van der Waals surface area contributed by atoms with Gasteiger partial charge in [0.1, 0.15) is 0 Å². The zero-order valence-corrected chi connectivity index (χ0v) is 12.9. The lowest BCUT2D eigenvalue weighted by atomic mass is 9.83. The molecule has 0 aliphatic heterocycles. The summed E-state index contributed by atoms with van der Waals surface area (Å²) in [5.41, 5.74) is 0.685. The number of Topliss-reactive ketones (excluding diaryl/α,β-unsaturated/α-hetero) is 1. The molecule has 0 amide bonds. The molecular formula is C15H27N3O. The van der Waals surface area contributed by atoms with Crippen LogP contribution in [0.2, 0.25) is 0 Å². The Bertz CT molecular complexity index is 403. The van der Waals surface area contributed by atoms with Gasteiger partial charge in [-0.3, -0.25) is 14.4 Å². The van der Waals surface area contributed by atoms with Gasteiger partial charge >= 0.3 is 0 Å². The Labute approximate surface area is 116 Å². The predicted octanol–water partition coefficient (Wildman–Crippen LogP) is 2.43.